The highest BCUT2D eigenvalue weighted by atomic mass is 35.5. The van der Waals surface area contributed by atoms with Gasteiger partial charge in [0.05, 0.1) is 11.9 Å². The second-order valence-corrected chi connectivity index (χ2v) is 12.7. The fourth-order valence-corrected chi connectivity index (χ4v) is 5.99. The van der Waals surface area contributed by atoms with Gasteiger partial charge in [-0.1, -0.05) is 77.8 Å². The third-order valence-corrected chi connectivity index (χ3v) is 8.64. The highest BCUT2D eigenvalue weighted by Gasteiger charge is 2.33. The van der Waals surface area contributed by atoms with Gasteiger partial charge in [0, 0.05) is 35.1 Å². The smallest absolute Gasteiger partial charge is 0.244 e. The van der Waals surface area contributed by atoms with Gasteiger partial charge >= 0.3 is 0 Å². The Balaban J connectivity index is 1.69. The second-order valence-electron chi connectivity index (χ2n) is 10.0. The zero-order valence-corrected chi connectivity index (χ0v) is 26.6. The van der Waals surface area contributed by atoms with Crippen LogP contribution in [-0.2, 0) is 32.6 Å². The Bertz CT molecular complexity index is 1650. The first-order valence-corrected chi connectivity index (χ1v) is 16.5. The van der Waals surface area contributed by atoms with Gasteiger partial charge in [0.25, 0.3) is 0 Å². The van der Waals surface area contributed by atoms with Crippen molar-refractivity contribution in [1.29, 1.82) is 0 Å². The molecule has 44 heavy (non-hydrogen) atoms. The van der Waals surface area contributed by atoms with Gasteiger partial charge in [0.2, 0.25) is 21.8 Å². The Labute approximate surface area is 268 Å². The van der Waals surface area contributed by atoms with E-state index in [1.807, 2.05) is 48.5 Å². The molecule has 1 atom stereocenters. The molecule has 0 aliphatic rings. The average Bonchev–Trinajstić information content (AvgIpc) is 3.00. The predicted octanol–water partition coefficient (Wildman–Crippen LogP) is 6.33. The lowest BCUT2D eigenvalue weighted by atomic mass is 10.0. The normalized spacial score (nSPS) is 11.8. The molecule has 0 heterocycles. The molecule has 0 fully saturated rings. The number of rotatable bonds is 13. The molecule has 8 nitrogen and oxygen atoms in total. The van der Waals surface area contributed by atoms with Crippen LogP contribution in [0.4, 0.5) is 5.69 Å². The molecule has 0 bridgehead atoms. The van der Waals surface area contributed by atoms with Crippen molar-refractivity contribution in [1.82, 2.24) is 10.2 Å². The van der Waals surface area contributed by atoms with E-state index >= 15 is 0 Å². The van der Waals surface area contributed by atoms with Crippen molar-refractivity contribution in [3.05, 3.63) is 124 Å². The number of ether oxygens (including phenoxy) is 1. The van der Waals surface area contributed by atoms with Gasteiger partial charge in [0.1, 0.15) is 24.1 Å². The van der Waals surface area contributed by atoms with Gasteiger partial charge < -0.3 is 15.0 Å². The quantitative estimate of drug-likeness (QED) is 0.182. The molecule has 4 aromatic rings. The van der Waals surface area contributed by atoms with E-state index < -0.39 is 28.5 Å². The summed E-state index contributed by atoms with van der Waals surface area (Å²) in [7, 11) is -3.93. The first-order valence-electron chi connectivity index (χ1n) is 13.9. The standard InChI is InChI=1S/C33H33Cl2N3O5S/c1-3-36-33(40)31(21-24-11-6-4-7-12-24)37(22-28-29(34)15-10-16-30(28)35)32(39)23-38(44(2,41)42)25-17-19-27(20-18-25)43-26-13-8-5-9-14-26/h4-20,31H,3,21-23H2,1-2H3,(H,36,40)/t31-/m1/s1. The van der Waals surface area contributed by atoms with Crippen molar-refractivity contribution >= 4 is 50.7 Å². The molecule has 0 unspecified atom stereocenters. The summed E-state index contributed by atoms with van der Waals surface area (Å²) < 4.78 is 32.9. The molecule has 0 radical (unpaired) electrons. The molecule has 0 saturated carbocycles. The van der Waals surface area contributed by atoms with Crippen LogP contribution < -0.4 is 14.4 Å². The van der Waals surface area contributed by atoms with E-state index in [1.165, 1.54) is 4.90 Å². The fourth-order valence-electron chi connectivity index (χ4n) is 4.62. The Morgan fingerprint density at radius 2 is 1.39 bits per heavy atom. The number of halogens is 2. The molecule has 0 aromatic heterocycles. The number of hydrogen-bond donors (Lipinski definition) is 1. The van der Waals surface area contributed by atoms with Gasteiger partial charge in [-0.3, -0.25) is 13.9 Å². The van der Waals surface area contributed by atoms with E-state index in [1.54, 1.807) is 61.5 Å². The largest absolute Gasteiger partial charge is 0.457 e. The summed E-state index contributed by atoms with van der Waals surface area (Å²) in [6.45, 7) is 1.44. The van der Waals surface area contributed by atoms with Crippen molar-refractivity contribution in [2.24, 2.45) is 0 Å². The summed E-state index contributed by atoms with van der Waals surface area (Å²) in [6.07, 6.45) is 1.21. The summed E-state index contributed by atoms with van der Waals surface area (Å²) in [6, 6.07) is 28.8. The van der Waals surface area contributed by atoms with E-state index in [-0.39, 0.29) is 24.6 Å². The van der Waals surface area contributed by atoms with Gasteiger partial charge in [-0.05, 0) is 61.0 Å². The Hall–Kier alpha value is -4.05. The number of para-hydroxylation sites is 1. The highest BCUT2D eigenvalue weighted by molar-refractivity contribution is 7.92. The molecule has 4 aromatic carbocycles. The number of amides is 2. The molecule has 230 valence electrons. The Kier molecular flexibility index (Phi) is 11.3. The maximum Gasteiger partial charge on any atom is 0.244 e. The molecular weight excluding hydrogens is 621 g/mol. The number of anilines is 1. The van der Waals surface area contributed by atoms with Crippen LogP contribution in [0, 0.1) is 0 Å². The maximum atomic E-state index is 14.2. The zero-order valence-electron chi connectivity index (χ0n) is 24.3. The molecule has 11 heteroatoms. The lowest BCUT2D eigenvalue weighted by molar-refractivity contribution is -0.140. The van der Waals surface area contributed by atoms with Crippen molar-refractivity contribution in [2.75, 3.05) is 23.7 Å². The van der Waals surface area contributed by atoms with Crippen LogP contribution in [0.5, 0.6) is 11.5 Å². The maximum absolute atomic E-state index is 14.2. The average molecular weight is 655 g/mol. The zero-order chi connectivity index (χ0) is 31.7. The Morgan fingerprint density at radius 1 is 0.818 bits per heavy atom. The lowest BCUT2D eigenvalue weighted by Gasteiger charge is -2.33. The van der Waals surface area contributed by atoms with Gasteiger partial charge in [0.15, 0.2) is 0 Å². The SMILES string of the molecule is CCNC(=O)[C@@H](Cc1ccccc1)N(Cc1c(Cl)cccc1Cl)C(=O)CN(c1ccc(Oc2ccccc2)cc1)S(C)(=O)=O. The molecule has 1 N–H and O–H groups in total. The number of nitrogens with one attached hydrogen (secondary N) is 1. The van der Waals surface area contributed by atoms with Crippen LogP contribution in [0.2, 0.25) is 10.0 Å². The van der Waals surface area contributed by atoms with E-state index in [0.29, 0.717) is 33.7 Å². The van der Waals surface area contributed by atoms with Crippen LogP contribution in [0.15, 0.2) is 103 Å². The van der Waals surface area contributed by atoms with Gasteiger partial charge in [-0.2, -0.15) is 0 Å². The van der Waals surface area contributed by atoms with E-state index in [0.717, 1.165) is 16.1 Å². The van der Waals surface area contributed by atoms with Crippen molar-refractivity contribution in [3.63, 3.8) is 0 Å². The highest BCUT2D eigenvalue weighted by Crippen LogP contribution is 2.29. The second kappa shape index (κ2) is 15.1. The molecule has 0 saturated heterocycles. The number of nitrogens with zero attached hydrogens (tertiary/aromatic N) is 2. The van der Waals surface area contributed by atoms with Crippen molar-refractivity contribution in [2.45, 2.75) is 25.9 Å². The first kappa shape index (κ1) is 32.9. The number of benzene rings is 4. The molecule has 4 rings (SSSR count). The van der Waals surface area contributed by atoms with E-state index in [2.05, 4.69) is 5.32 Å². The summed E-state index contributed by atoms with van der Waals surface area (Å²) in [5, 5.41) is 3.45. The van der Waals surface area contributed by atoms with Crippen molar-refractivity contribution in [3.8, 4) is 11.5 Å². The van der Waals surface area contributed by atoms with Crippen LogP contribution in [-0.4, -0.2) is 50.5 Å². The van der Waals surface area contributed by atoms with Gasteiger partial charge in [-0.25, -0.2) is 8.42 Å². The van der Waals surface area contributed by atoms with Crippen LogP contribution in [0.1, 0.15) is 18.1 Å². The number of likely N-dealkylation sites (N-methyl/N-ethyl adjacent to an activating group) is 1. The lowest BCUT2D eigenvalue weighted by Crippen LogP contribution is -2.53. The number of hydrogen-bond acceptors (Lipinski definition) is 5. The minimum absolute atomic E-state index is 0.118. The van der Waals surface area contributed by atoms with E-state index in [9.17, 15) is 18.0 Å². The van der Waals surface area contributed by atoms with E-state index in [4.69, 9.17) is 27.9 Å². The molecular formula is C33H33Cl2N3O5S. The van der Waals surface area contributed by atoms with Gasteiger partial charge in [-0.15, -0.1) is 0 Å². The Morgan fingerprint density at radius 3 is 1.95 bits per heavy atom. The fraction of sp³-hybridized carbons (Fsp3) is 0.212. The predicted molar refractivity (Wildman–Crippen MR) is 175 cm³/mol. The monoisotopic (exact) mass is 653 g/mol. The van der Waals surface area contributed by atoms with Crippen LogP contribution in [0.25, 0.3) is 0 Å². The topological polar surface area (TPSA) is 96.0 Å². The first-order chi connectivity index (χ1) is 21.1. The molecule has 2 amide bonds. The third kappa shape index (κ3) is 8.75. The molecule has 0 spiro atoms. The third-order valence-electron chi connectivity index (χ3n) is 6.80. The summed E-state index contributed by atoms with van der Waals surface area (Å²) in [4.78, 5) is 29.0. The van der Waals surface area contributed by atoms with Crippen LogP contribution in [0.3, 0.4) is 0 Å². The molecule has 0 aliphatic carbocycles. The molecule has 0 aliphatic heterocycles. The summed E-state index contributed by atoms with van der Waals surface area (Å²) in [5.74, 6) is 0.123. The minimum atomic E-state index is -3.93. The number of sulfonamides is 1. The van der Waals surface area contributed by atoms with Crippen molar-refractivity contribution < 1.29 is 22.7 Å². The number of carbonyl (C=O) groups is 2. The summed E-state index contributed by atoms with van der Waals surface area (Å²) in [5.41, 5.74) is 1.52. The number of carbonyl (C=O) groups excluding carboxylic acids is 2. The minimum Gasteiger partial charge on any atom is -0.457 e. The van der Waals surface area contributed by atoms with Crippen LogP contribution >= 0.6 is 23.2 Å². The summed E-state index contributed by atoms with van der Waals surface area (Å²) >= 11 is 13.0.